The van der Waals surface area contributed by atoms with Crippen LogP contribution in [0, 0.1) is 13.8 Å². The fourth-order valence-corrected chi connectivity index (χ4v) is 2.73. The number of aryl methyl sites for hydroxylation is 2. The monoisotopic (exact) mass is 246 g/mol. The highest BCUT2D eigenvalue weighted by Gasteiger charge is 2.26. The summed E-state index contributed by atoms with van der Waals surface area (Å²) in [6.07, 6.45) is 1.09. The van der Waals surface area contributed by atoms with Gasteiger partial charge in [0.25, 0.3) is 0 Å². The maximum atomic E-state index is 11.9. The minimum absolute atomic E-state index is 0.306. The summed E-state index contributed by atoms with van der Waals surface area (Å²) in [5, 5.41) is -0.954. The van der Waals surface area contributed by atoms with Gasteiger partial charge in [0.05, 0.1) is 0 Å². The molecule has 5 heteroatoms. The normalized spacial score (nSPS) is 13.9. The quantitative estimate of drug-likeness (QED) is 0.766. The van der Waals surface area contributed by atoms with Crippen LogP contribution < -0.4 is 0 Å². The smallest absolute Gasteiger partial charge is 0.181 e. The molecule has 3 nitrogen and oxygen atoms in total. The molecule has 1 unspecified atom stereocenters. The molecule has 1 aromatic heterocycles. The van der Waals surface area contributed by atoms with E-state index in [-0.39, 0.29) is 5.78 Å². The van der Waals surface area contributed by atoms with Crippen LogP contribution in [0.3, 0.4) is 0 Å². The van der Waals surface area contributed by atoms with Crippen molar-refractivity contribution in [2.75, 3.05) is 6.26 Å². The van der Waals surface area contributed by atoms with Gasteiger partial charge in [-0.05, 0) is 26.8 Å². The Labute approximate surface area is 94.0 Å². The Kier molecular flexibility index (Phi) is 3.35. The largest absolute Gasteiger partial charge is 0.293 e. The topological polar surface area (TPSA) is 51.2 Å². The molecule has 0 saturated heterocycles. The molecule has 0 aromatic carbocycles. The van der Waals surface area contributed by atoms with Crippen molar-refractivity contribution in [3.63, 3.8) is 0 Å². The maximum Gasteiger partial charge on any atom is 0.181 e. The van der Waals surface area contributed by atoms with Crippen LogP contribution in [0.4, 0.5) is 0 Å². The third kappa shape index (κ3) is 2.66. The predicted molar refractivity (Wildman–Crippen MR) is 62.4 cm³/mol. The van der Waals surface area contributed by atoms with Crippen LogP contribution >= 0.6 is 11.3 Å². The van der Waals surface area contributed by atoms with Crippen molar-refractivity contribution in [3.8, 4) is 0 Å². The van der Waals surface area contributed by atoms with Crippen LogP contribution in [-0.2, 0) is 9.84 Å². The zero-order valence-electron chi connectivity index (χ0n) is 9.20. The van der Waals surface area contributed by atoms with Crippen molar-refractivity contribution in [3.05, 3.63) is 21.4 Å². The molecule has 0 radical (unpaired) electrons. The summed E-state index contributed by atoms with van der Waals surface area (Å²) in [7, 11) is -3.30. The molecule has 0 aliphatic rings. The number of Topliss-reactive ketones (excluding diaryl/α,β-unsaturated/α-hetero) is 1. The van der Waals surface area contributed by atoms with Crippen molar-refractivity contribution in [2.24, 2.45) is 0 Å². The van der Waals surface area contributed by atoms with Gasteiger partial charge in [-0.2, -0.15) is 0 Å². The van der Waals surface area contributed by atoms with E-state index < -0.39 is 15.1 Å². The van der Waals surface area contributed by atoms with E-state index in [0.717, 1.165) is 16.0 Å². The molecule has 0 aliphatic carbocycles. The molecule has 0 saturated carbocycles. The molecular weight excluding hydrogens is 232 g/mol. The number of hydrogen-bond donors (Lipinski definition) is 0. The molecule has 0 bridgehead atoms. The summed E-state index contributed by atoms with van der Waals surface area (Å²) < 4.78 is 22.5. The first-order valence-corrected chi connectivity index (χ1v) is 7.30. The number of carbonyl (C=O) groups is 1. The van der Waals surface area contributed by atoms with Crippen molar-refractivity contribution >= 4 is 27.0 Å². The lowest BCUT2D eigenvalue weighted by Gasteiger charge is -2.07. The van der Waals surface area contributed by atoms with Gasteiger partial charge in [0, 0.05) is 21.6 Å². The van der Waals surface area contributed by atoms with Crippen molar-refractivity contribution < 1.29 is 13.2 Å². The second kappa shape index (κ2) is 4.06. The molecule has 1 rings (SSSR count). The second-order valence-corrected chi connectivity index (χ2v) is 7.49. The lowest BCUT2D eigenvalue weighted by molar-refractivity contribution is 0.0991. The van der Waals surface area contributed by atoms with E-state index in [2.05, 4.69) is 0 Å². The molecule has 1 atom stereocenters. The lowest BCUT2D eigenvalue weighted by Crippen LogP contribution is -2.26. The number of carbonyl (C=O) groups excluding carboxylic acids is 1. The standard InChI is InChI=1S/C10H14O3S2/c1-6-5-9(7(2)14-6)10(11)8(3)15(4,12)13/h5,8H,1-4H3. The second-order valence-electron chi connectivity index (χ2n) is 3.66. The van der Waals surface area contributed by atoms with Gasteiger partial charge < -0.3 is 0 Å². The summed E-state index contributed by atoms with van der Waals surface area (Å²) >= 11 is 1.51. The number of thiophene rings is 1. The SMILES string of the molecule is Cc1cc(C(=O)C(C)S(C)(=O)=O)c(C)s1. The molecule has 84 valence electrons. The van der Waals surface area contributed by atoms with Crippen LogP contribution in [0.25, 0.3) is 0 Å². The van der Waals surface area contributed by atoms with E-state index in [1.165, 1.54) is 18.3 Å². The van der Waals surface area contributed by atoms with E-state index in [1.54, 1.807) is 6.07 Å². The van der Waals surface area contributed by atoms with Crippen LogP contribution in [0.5, 0.6) is 0 Å². The lowest BCUT2D eigenvalue weighted by atomic mass is 10.1. The first-order valence-electron chi connectivity index (χ1n) is 4.53. The molecule has 0 aliphatic heterocycles. The predicted octanol–water partition coefficient (Wildman–Crippen LogP) is 1.98. The van der Waals surface area contributed by atoms with Gasteiger partial charge >= 0.3 is 0 Å². The molecule has 0 amide bonds. The highest BCUT2D eigenvalue weighted by molar-refractivity contribution is 7.92. The van der Waals surface area contributed by atoms with Crippen molar-refractivity contribution in [1.29, 1.82) is 0 Å². The first-order chi connectivity index (χ1) is 6.73. The van der Waals surface area contributed by atoms with E-state index in [0.29, 0.717) is 5.56 Å². The van der Waals surface area contributed by atoms with Crippen LogP contribution in [-0.4, -0.2) is 25.7 Å². The Morgan fingerprint density at radius 1 is 1.40 bits per heavy atom. The summed E-state index contributed by atoms with van der Waals surface area (Å²) in [4.78, 5) is 13.8. The molecule has 0 fully saturated rings. The average molecular weight is 246 g/mol. The third-order valence-electron chi connectivity index (χ3n) is 2.32. The highest BCUT2D eigenvalue weighted by atomic mass is 32.2. The maximum absolute atomic E-state index is 11.9. The Hall–Kier alpha value is -0.680. The highest BCUT2D eigenvalue weighted by Crippen LogP contribution is 2.23. The minimum Gasteiger partial charge on any atom is -0.293 e. The summed E-state index contributed by atoms with van der Waals surface area (Å²) in [5.41, 5.74) is 0.537. The third-order valence-corrected chi connectivity index (χ3v) is 4.78. The van der Waals surface area contributed by atoms with Gasteiger partial charge in [-0.1, -0.05) is 0 Å². The zero-order chi connectivity index (χ0) is 11.8. The average Bonchev–Trinajstić information content (AvgIpc) is 2.41. The van der Waals surface area contributed by atoms with Gasteiger partial charge in [0.15, 0.2) is 15.6 Å². The van der Waals surface area contributed by atoms with Gasteiger partial charge in [-0.15, -0.1) is 11.3 Å². The van der Waals surface area contributed by atoms with Crippen LogP contribution in [0.15, 0.2) is 6.07 Å². The summed E-state index contributed by atoms with van der Waals surface area (Å²) in [5.74, 6) is -0.306. The van der Waals surface area contributed by atoms with Crippen molar-refractivity contribution in [1.82, 2.24) is 0 Å². The van der Waals surface area contributed by atoms with E-state index >= 15 is 0 Å². The fourth-order valence-electron chi connectivity index (χ4n) is 1.29. The summed E-state index contributed by atoms with van der Waals surface area (Å²) in [6.45, 7) is 5.17. The Balaban J connectivity index is 3.11. The van der Waals surface area contributed by atoms with E-state index in [1.807, 2.05) is 13.8 Å². The Bertz CT molecular complexity index is 483. The minimum atomic E-state index is -3.30. The molecule has 0 spiro atoms. The molecule has 1 heterocycles. The first kappa shape index (κ1) is 12.4. The molecule has 15 heavy (non-hydrogen) atoms. The van der Waals surface area contributed by atoms with E-state index in [4.69, 9.17) is 0 Å². The van der Waals surface area contributed by atoms with Gasteiger partial charge in [-0.3, -0.25) is 4.79 Å². The number of ketones is 1. The summed E-state index contributed by atoms with van der Waals surface area (Å²) in [6, 6.07) is 1.75. The van der Waals surface area contributed by atoms with Gasteiger partial charge in [0.1, 0.15) is 5.25 Å². The Morgan fingerprint density at radius 3 is 2.27 bits per heavy atom. The fraction of sp³-hybridized carbons (Fsp3) is 0.500. The molecule has 1 aromatic rings. The number of rotatable bonds is 3. The zero-order valence-corrected chi connectivity index (χ0v) is 10.8. The van der Waals surface area contributed by atoms with E-state index in [9.17, 15) is 13.2 Å². The molecule has 0 N–H and O–H groups in total. The van der Waals surface area contributed by atoms with Crippen LogP contribution in [0.1, 0.15) is 27.0 Å². The van der Waals surface area contributed by atoms with Gasteiger partial charge in [-0.25, -0.2) is 8.42 Å². The number of hydrogen-bond acceptors (Lipinski definition) is 4. The Morgan fingerprint density at radius 2 is 1.93 bits per heavy atom. The van der Waals surface area contributed by atoms with Gasteiger partial charge in [0.2, 0.25) is 0 Å². The van der Waals surface area contributed by atoms with Crippen molar-refractivity contribution in [2.45, 2.75) is 26.0 Å². The number of sulfone groups is 1. The van der Waals surface area contributed by atoms with Crippen LogP contribution in [0.2, 0.25) is 0 Å². The molecular formula is C10H14O3S2.